The molecular formula is C24H32N6O. The fraction of sp³-hybridized carbons (Fsp3) is 0.458. The van der Waals surface area contributed by atoms with Crippen LogP contribution in [0.25, 0.3) is 22.4 Å². The molecule has 0 atom stereocenters. The first-order valence-corrected chi connectivity index (χ1v) is 10.7. The number of methoxy groups -OCH3 is 1. The van der Waals surface area contributed by atoms with E-state index in [-0.39, 0.29) is 11.1 Å². The summed E-state index contributed by atoms with van der Waals surface area (Å²) in [5, 5.41) is 19.8. The van der Waals surface area contributed by atoms with Crippen LogP contribution in [0.4, 0.5) is 5.82 Å². The predicted octanol–water partition coefficient (Wildman–Crippen LogP) is 4.29. The number of anilines is 1. The third-order valence-electron chi connectivity index (χ3n) is 6.04. The molecule has 0 aliphatic carbocycles. The van der Waals surface area contributed by atoms with Crippen molar-refractivity contribution in [1.82, 2.24) is 25.7 Å². The maximum atomic E-state index is 5.58. The Bertz CT molecular complexity index is 1010. The molecule has 3 heterocycles. The van der Waals surface area contributed by atoms with Gasteiger partial charge in [0.1, 0.15) is 5.75 Å². The molecule has 31 heavy (non-hydrogen) atoms. The Balaban J connectivity index is 1.60. The van der Waals surface area contributed by atoms with E-state index in [4.69, 9.17) is 4.74 Å². The van der Waals surface area contributed by atoms with Crippen LogP contribution in [0.15, 0.2) is 42.7 Å². The number of nitrogens with one attached hydrogen (secondary N) is 2. The molecule has 1 fully saturated rings. The molecule has 3 aromatic rings. The van der Waals surface area contributed by atoms with Crippen LogP contribution in [0.3, 0.4) is 0 Å². The third kappa shape index (κ3) is 4.56. The number of hydrogen-bond donors (Lipinski definition) is 2. The van der Waals surface area contributed by atoms with E-state index in [1.165, 1.54) is 0 Å². The van der Waals surface area contributed by atoms with Crippen LogP contribution in [-0.2, 0) is 0 Å². The van der Waals surface area contributed by atoms with Gasteiger partial charge in [-0.2, -0.15) is 5.10 Å². The van der Waals surface area contributed by atoms with Gasteiger partial charge in [0, 0.05) is 41.5 Å². The van der Waals surface area contributed by atoms with E-state index < -0.39 is 0 Å². The van der Waals surface area contributed by atoms with Crippen molar-refractivity contribution >= 4 is 5.82 Å². The molecule has 7 heteroatoms. The van der Waals surface area contributed by atoms with Crippen LogP contribution >= 0.6 is 0 Å². The molecule has 7 nitrogen and oxygen atoms in total. The van der Waals surface area contributed by atoms with E-state index in [0.29, 0.717) is 6.04 Å². The first-order valence-electron chi connectivity index (χ1n) is 10.7. The summed E-state index contributed by atoms with van der Waals surface area (Å²) in [5.41, 5.74) is 3.91. The zero-order valence-electron chi connectivity index (χ0n) is 19.2. The number of aromatic amines is 1. The number of rotatable bonds is 5. The van der Waals surface area contributed by atoms with Crippen LogP contribution < -0.4 is 15.0 Å². The lowest BCUT2D eigenvalue weighted by Gasteiger charge is -2.49. The van der Waals surface area contributed by atoms with Crippen LogP contribution in [0.5, 0.6) is 5.75 Å². The van der Waals surface area contributed by atoms with Gasteiger partial charge in [-0.1, -0.05) is 6.07 Å². The summed E-state index contributed by atoms with van der Waals surface area (Å²) in [6.45, 7) is 9.07. The Morgan fingerprint density at radius 3 is 2.32 bits per heavy atom. The minimum Gasteiger partial charge on any atom is -0.496 e. The van der Waals surface area contributed by atoms with E-state index in [9.17, 15) is 0 Å². The van der Waals surface area contributed by atoms with Crippen LogP contribution in [0.1, 0.15) is 40.5 Å². The number of ether oxygens (including phenoxy) is 1. The van der Waals surface area contributed by atoms with Crippen molar-refractivity contribution < 1.29 is 4.74 Å². The number of hydrogen-bond acceptors (Lipinski definition) is 6. The summed E-state index contributed by atoms with van der Waals surface area (Å²) in [5.74, 6) is 1.65. The number of H-pyrrole nitrogens is 1. The summed E-state index contributed by atoms with van der Waals surface area (Å²) in [6, 6.07) is 10.5. The molecule has 1 aromatic carbocycles. The second-order valence-electron chi connectivity index (χ2n) is 9.74. The zero-order valence-corrected chi connectivity index (χ0v) is 19.2. The lowest BCUT2D eigenvalue weighted by molar-refractivity contribution is 0.160. The number of aromatic nitrogens is 4. The highest BCUT2D eigenvalue weighted by atomic mass is 16.5. The van der Waals surface area contributed by atoms with Gasteiger partial charge in [0.2, 0.25) is 0 Å². The van der Waals surface area contributed by atoms with E-state index in [1.807, 2.05) is 30.5 Å². The van der Waals surface area contributed by atoms with Gasteiger partial charge in [0.05, 0.1) is 19.0 Å². The van der Waals surface area contributed by atoms with Crippen molar-refractivity contribution in [3.63, 3.8) is 0 Å². The molecule has 1 saturated heterocycles. The summed E-state index contributed by atoms with van der Waals surface area (Å²) >= 11 is 0. The predicted molar refractivity (Wildman–Crippen MR) is 124 cm³/mol. The van der Waals surface area contributed by atoms with Crippen molar-refractivity contribution in [1.29, 1.82) is 0 Å². The number of benzene rings is 1. The highest BCUT2D eigenvalue weighted by Crippen LogP contribution is 2.35. The van der Waals surface area contributed by atoms with Crippen molar-refractivity contribution in [3.8, 4) is 28.1 Å². The molecule has 2 N–H and O–H groups in total. The van der Waals surface area contributed by atoms with Crippen molar-refractivity contribution in [2.45, 2.75) is 57.7 Å². The molecule has 164 valence electrons. The summed E-state index contributed by atoms with van der Waals surface area (Å²) in [6.07, 6.45) is 5.78. The molecule has 0 bridgehead atoms. The number of nitrogens with zero attached hydrogens (tertiary/aromatic N) is 4. The van der Waals surface area contributed by atoms with Gasteiger partial charge in [-0.25, -0.2) is 0 Å². The van der Waals surface area contributed by atoms with Gasteiger partial charge in [0.15, 0.2) is 5.82 Å². The number of piperidine rings is 1. The van der Waals surface area contributed by atoms with Gasteiger partial charge in [-0.05, 0) is 70.4 Å². The SMILES string of the molecule is COc1ccc(-c2cn[nH]c2)cc1-c1ccc(N(C)C2CC(C)(C)NC(C)(C)C2)nn1. The first kappa shape index (κ1) is 21.3. The molecule has 0 amide bonds. The maximum absolute atomic E-state index is 5.58. The Kier molecular flexibility index (Phi) is 5.47. The van der Waals surface area contributed by atoms with E-state index in [1.54, 1.807) is 13.3 Å². The third-order valence-corrected chi connectivity index (χ3v) is 6.04. The van der Waals surface area contributed by atoms with Crippen LogP contribution in [0.2, 0.25) is 0 Å². The Morgan fingerprint density at radius 1 is 1.00 bits per heavy atom. The highest BCUT2D eigenvalue weighted by Gasteiger charge is 2.39. The van der Waals surface area contributed by atoms with E-state index in [2.05, 4.69) is 71.4 Å². The molecule has 0 spiro atoms. The Morgan fingerprint density at radius 2 is 1.74 bits per heavy atom. The minimum absolute atomic E-state index is 0.0783. The second kappa shape index (κ2) is 7.96. The summed E-state index contributed by atoms with van der Waals surface area (Å²) in [4.78, 5) is 2.26. The largest absolute Gasteiger partial charge is 0.496 e. The Labute approximate surface area is 184 Å². The lowest BCUT2D eigenvalue weighted by Crippen LogP contribution is -2.62. The van der Waals surface area contributed by atoms with Gasteiger partial charge >= 0.3 is 0 Å². The van der Waals surface area contributed by atoms with Crippen molar-refractivity contribution in [2.75, 3.05) is 19.1 Å². The minimum atomic E-state index is 0.0783. The molecule has 4 rings (SSSR count). The summed E-state index contributed by atoms with van der Waals surface area (Å²) in [7, 11) is 3.79. The van der Waals surface area contributed by atoms with E-state index >= 15 is 0 Å². The Hall–Kier alpha value is -2.93. The van der Waals surface area contributed by atoms with Crippen LogP contribution in [-0.4, -0.2) is 51.7 Å². The monoisotopic (exact) mass is 420 g/mol. The van der Waals surface area contributed by atoms with Gasteiger partial charge in [-0.3, -0.25) is 5.10 Å². The maximum Gasteiger partial charge on any atom is 0.151 e. The molecule has 1 aliphatic heterocycles. The van der Waals surface area contributed by atoms with Crippen molar-refractivity contribution in [3.05, 3.63) is 42.7 Å². The van der Waals surface area contributed by atoms with Gasteiger partial charge in [0.25, 0.3) is 0 Å². The molecule has 0 radical (unpaired) electrons. The van der Waals surface area contributed by atoms with Crippen LogP contribution in [0, 0.1) is 0 Å². The van der Waals surface area contributed by atoms with Gasteiger partial charge in [-0.15, -0.1) is 10.2 Å². The molecule has 1 aliphatic rings. The van der Waals surface area contributed by atoms with Gasteiger partial charge < -0.3 is 15.0 Å². The van der Waals surface area contributed by atoms with E-state index in [0.717, 1.165) is 46.8 Å². The average molecular weight is 421 g/mol. The molecule has 0 unspecified atom stereocenters. The second-order valence-corrected chi connectivity index (χ2v) is 9.74. The summed E-state index contributed by atoms with van der Waals surface area (Å²) < 4.78 is 5.58. The lowest BCUT2D eigenvalue weighted by atomic mass is 9.79. The quantitative estimate of drug-likeness (QED) is 0.641. The molecule has 2 aromatic heterocycles. The topological polar surface area (TPSA) is 79.0 Å². The fourth-order valence-electron chi connectivity index (χ4n) is 4.88. The first-order chi connectivity index (χ1) is 14.7. The zero-order chi connectivity index (χ0) is 22.2. The standard InChI is InChI=1S/C24H32N6O/c1-23(2)12-18(13-24(3,4)29-23)30(5)22-10-8-20(27-28-22)19-11-16(7-9-21(19)31-6)17-14-25-26-15-17/h7-11,14-15,18,29H,12-13H2,1-6H3,(H,25,26). The molecule has 0 saturated carbocycles. The fourth-order valence-corrected chi connectivity index (χ4v) is 4.88. The average Bonchev–Trinajstić information content (AvgIpc) is 3.25. The molecular weight excluding hydrogens is 388 g/mol. The smallest absolute Gasteiger partial charge is 0.151 e. The van der Waals surface area contributed by atoms with Crippen molar-refractivity contribution in [2.24, 2.45) is 0 Å². The highest BCUT2D eigenvalue weighted by molar-refractivity contribution is 5.75. The normalized spacial score (nSPS) is 18.0.